The third-order valence-electron chi connectivity index (χ3n) is 2.14. The van der Waals surface area contributed by atoms with Crippen LogP contribution in [0.5, 0.6) is 0 Å². The van der Waals surface area contributed by atoms with Crippen molar-refractivity contribution in [3.63, 3.8) is 0 Å². The van der Waals surface area contributed by atoms with Gasteiger partial charge in [0.1, 0.15) is 5.82 Å². The number of hydrogen-bond acceptors (Lipinski definition) is 3. The third kappa shape index (κ3) is 3.05. The van der Waals surface area contributed by atoms with Crippen molar-refractivity contribution in [2.24, 2.45) is 5.73 Å². The summed E-state index contributed by atoms with van der Waals surface area (Å²) in [4.78, 5) is 5.80. The monoisotopic (exact) mass is 197 g/mol. The Morgan fingerprint density at radius 3 is 2.93 bits per heavy atom. The largest absolute Gasteiger partial charge is 0.329 e. The number of rotatable bonds is 5. The maximum absolute atomic E-state index is 13.2. The molecule has 0 aliphatic heterocycles. The van der Waals surface area contributed by atoms with Gasteiger partial charge in [0.25, 0.3) is 0 Å². The summed E-state index contributed by atoms with van der Waals surface area (Å²) < 4.78 is 13.2. The van der Waals surface area contributed by atoms with Gasteiger partial charge in [0.2, 0.25) is 0 Å². The summed E-state index contributed by atoms with van der Waals surface area (Å²) in [5, 5.41) is 0. The zero-order valence-electron chi connectivity index (χ0n) is 8.41. The van der Waals surface area contributed by atoms with Crippen LogP contribution in [0.1, 0.15) is 12.5 Å². The molecule has 0 aliphatic rings. The highest BCUT2D eigenvalue weighted by atomic mass is 19.1. The Kier molecular flexibility index (Phi) is 4.49. The van der Waals surface area contributed by atoms with E-state index in [1.54, 1.807) is 12.3 Å². The van der Waals surface area contributed by atoms with Gasteiger partial charge in [-0.1, -0.05) is 6.92 Å². The Labute approximate surface area is 83.7 Å². The highest BCUT2D eigenvalue weighted by Crippen LogP contribution is 2.07. The molecular formula is C10H16FN3. The molecule has 1 aromatic heterocycles. The fourth-order valence-electron chi connectivity index (χ4n) is 1.30. The van der Waals surface area contributed by atoms with Crippen molar-refractivity contribution < 1.29 is 4.39 Å². The Hall–Kier alpha value is -1.00. The van der Waals surface area contributed by atoms with Crippen LogP contribution in [0.4, 0.5) is 4.39 Å². The van der Waals surface area contributed by atoms with E-state index in [-0.39, 0.29) is 5.82 Å². The Morgan fingerprint density at radius 2 is 2.36 bits per heavy atom. The highest BCUT2D eigenvalue weighted by molar-refractivity contribution is 5.12. The normalized spacial score (nSPS) is 10.9. The summed E-state index contributed by atoms with van der Waals surface area (Å²) in [6.07, 6.45) is 2.85. The van der Waals surface area contributed by atoms with Gasteiger partial charge in [-0.05, 0) is 12.6 Å². The Bertz CT molecular complexity index is 278. The molecule has 0 saturated carbocycles. The number of likely N-dealkylation sites (N-methyl/N-ethyl adjacent to an activating group) is 1. The second-order valence-corrected chi connectivity index (χ2v) is 3.12. The van der Waals surface area contributed by atoms with Crippen molar-refractivity contribution in [2.45, 2.75) is 13.5 Å². The molecule has 0 spiro atoms. The second-order valence-electron chi connectivity index (χ2n) is 3.12. The molecule has 1 aromatic rings. The third-order valence-corrected chi connectivity index (χ3v) is 2.14. The van der Waals surface area contributed by atoms with Gasteiger partial charge < -0.3 is 5.73 Å². The van der Waals surface area contributed by atoms with Crippen molar-refractivity contribution in [3.05, 3.63) is 29.8 Å². The quantitative estimate of drug-likeness (QED) is 0.765. The lowest BCUT2D eigenvalue weighted by Crippen LogP contribution is -2.29. The fraction of sp³-hybridized carbons (Fsp3) is 0.500. The van der Waals surface area contributed by atoms with Gasteiger partial charge >= 0.3 is 0 Å². The highest BCUT2D eigenvalue weighted by Gasteiger charge is 2.06. The topological polar surface area (TPSA) is 42.1 Å². The smallest absolute Gasteiger partial charge is 0.145 e. The molecule has 14 heavy (non-hydrogen) atoms. The van der Waals surface area contributed by atoms with E-state index in [2.05, 4.69) is 9.88 Å². The van der Waals surface area contributed by atoms with E-state index in [0.29, 0.717) is 18.7 Å². The summed E-state index contributed by atoms with van der Waals surface area (Å²) in [7, 11) is 0. The second kappa shape index (κ2) is 5.67. The Balaban J connectivity index is 2.62. The number of nitrogens with two attached hydrogens (primary N) is 1. The minimum atomic E-state index is -0.247. The molecule has 0 aromatic carbocycles. The van der Waals surface area contributed by atoms with Gasteiger partial charge in [-0.25, -0.2) is 4.39 Å². The van der Waals surface area contributed by atoms with Gasteiger partial charge in [-0.3, -0.25) is 9.88 Å². The van der Waals surface area contributed by atoms with Crippen LogP contribution in [-0.4, -0.2) is 29.5 Å². The summed E-state index contributed by atoms with van der Waals surface area (Å²) in [6.45, 7) is 4.90. The molecule has 0 amide bonds. The summed E-state index contributed by atoms with van der Waals surface area (Å²) in [5.41, 5.74) is 6.13. The minimum absolute atomic E-state index is 0.247. The van der Waals surface area contributed by atoms with E-state index in [4.69, 9.17) is 5.73 Å². The summed E-state index contributed by atoms with van der Waals surface area (Å²) in [6, 6.07) is 1.70. The first kappa shape index (κ1) is 11.1. The molecule has 0 aliphatic carbocycles. The predicted octanol–water partition coefficient (Wildman–Crippen LogP) is 1.00. The first-order valence-electron chi connectivity index (χ1n) is 4.78. The zero-order chi connectivity index (χ0) is 10.4. The van der Waals surface area contributed by atoms with Crippen molar-refractivity contribution in [1.82, 2.24) is 9.88 Å². The first-order valence-corrected chi connectivity index (χ1v) is 4.78. The predicted molar refractivity (Wildman–Crippen MR) is 54.2 cm³/mol. The van der Waals surface area contributed by atoms with Crippen molar-refractivity contribution in [1.29, 1.82) is 0 Å². The fourth-order valence-corrected chi connectivity index (χ4v) is 1.30. The average Bonchev–Trinajstić information content (AvgIpc) is 2.20. The number of pyridine rings is 1. The summed E-state index contributed by atoms with van der Waals surface area (Å²) in [5.74, 6) is -0.247. The minimum Gasteiger partial charge on any atom is -0.329 e. The SMILES string of the molecule is CCN(CCN)Cc1ccncc1F. The van der Waals surface area contributed by atoms with Crippen LogP contribution in [0.3, 0.4) is 0 Å². The van der Waals surface area contributed by atoms with Crippen LogP contribution >= 0.6 is 0 Å². The lowest BCUT2D eigenvalue weighted by atomic mass is 10.2. The molecule has 0 bridgehead atoms. The molecule has 0 saturated heterocycles. The van der Waals surface area contributed by atoms with E-state index >= 15 is 0 Å². The van der Waals surface area contributed by atoms with Crippen molar-refractivity contribution in [3.8, 4) is 0 Å². The van der Waals surface area contributed by atoms with Gasteiger partial charge in [0.15, 0.2) is 0 Å². The van der Waals surface area contributed by atoms with E-state index in [1.165, 1.54) is 6.20 Å². The first-order chi connectivity index (χ1) is 6.77. The molecular weight excluding hydrogens is 181 g/mol. The molecule has 3 nitrogen and oxygen atoms in total. The molecule has 0 radical (unpaired) electrons. The van der Waals surface area contributed by atoms with Gasteiger partial charge in [-0.15, -0.1) is 0 Å². The van der Waals surface area contributed by atoms with Crippen molar-refractivity contribution in [2.75, 3.05) is 19.6 Å². The van der Waals surface area contributed by atoms with Crippen LogP contribution in [0, 0.1) is 5.82 Å². The van der Waals surface area contributed by atoms with E-state index in [0.717, 1.165) is 13.1 Å². The van der Waals surface area contributed by atoms with E-state index < -0.39 is 0 Å². The molecule has 0 atom stereocenters. The van der Waals surface area contributed by atoms with Gasteiger partial charge in [0.05, 0.1) is 6.20 Å². The molecule has 1 rings (SSSR count). The van der Waals surface area contributed by atoms with Gasteiger partial charge in [0, 0.05) is 31.4 Å². The van der Waals surface area contributed by atoms with E-state index in [1.807, 2.05) is 6.92 Å². The number of nitrogens with zero attached hydrogens (tertiary/aromatic N) is 2. The van der Waals surface area contributed by atoms with Crippen LogP contribution in [-0.2, 0) is 6.54 Å². The maximum atomic E-state index is 13.2. The van der Waals surface area contributed by atoms with Crippen LogP contribution < -0.4 is 5.73 Å². The van der Waals surface area contributed by atoms with Crippen LogP contribution in [0.2, 0.25) is 0 Å². The molecule has 0 unspecified atom stereocenters. The maximum Gasteiger partial charge on any atom is 0.145 e. The molecule has 1 heterocycles. The number of aromatic nitrogens is 1. The van der Waals surface area contributed by atoms with E-state index in [9.17, 15) is 4.39 Å². The number of hydrogen-bond donors (Lipinski definition) is 1. The molecule has 2 N–H and O–H groups in total. The molecule has 78 valence electrons. The zero-order valence-corrected chi connectivity index (χ0v) is 8.41. The lowest BCUT2D eigenvalue weighted by Gasteiger charge is -2.19. The van der Waals surface area contributed by atoms with Gasteiger partial charge in [-0.2, -0.15) is 0 Å². The van der Waals surface area contributed by atoms with Crippen LogP contribution in [0.25, 0.3) is 0 Å². The molecule has 0 fully saturated rings. The van der Waals surface area contributed by atoms with Crippen molar-refractivity contribution >= 4 is 0 Å². The number of halogens is 1. The molecule has 4 heteroatoms. The standard InChI is InChI=1S/C10H16FN3/c1-2-14(6-4-12)8-9-3-5-13-7-10(9)11/h3,5,7H,2,4,6,8,12H2,1H3. The lowest BCUT2D eigenvalue weighted by molar-refractivity contribution is 0.283. The summed E-state index contributed by atoms with van der Waals surface area (Å²) >= 11 is 0. The Morgan fingerprint density at radius 1 is 1.57 bits per heavy atom. The van der Waals surface area contributed by atoms with Crippen LogP contribution in [0.15, 0.2) is 18.5 Å². The average molecular weight is 197 g/mol.